The van der Waals surface area contributed by atoms with Gasteiger partial charge in [0.05, 0.1) is 28.4 Å². The molecule has 0 aliphatic rings. The molecule has 6 heteroatoms. The Morgan fingerprint density at radius 3 is 1.72 bits per heavy atom. The fraction of sp³-hybridized carbons (Fsp3) is 0.333. The highest BCUT2D eigenvalue weighted by atomic mass is 16.5. The molecule has 0 unspecified atom stereocenters. The summed E-state index contributed by atoms with van der Waals surface area (Å²) in [5, 5.41) is 0. The van der Waals surface area contributed by atoms with E-state index >= 15 is 0 Å². The number of rotatable bonds is 5. The van der Waals surface area contributed by atoms with Gasteiger partial charge in [-0.25, -0.2) is 4.79 Å². The number of benzene rings is 1. The van der Waals surface area contributed by atoms with Crippen molar-refractivity contribution in [1.29, 1.82) is 0 Å². The molecular weight excluding hydrogens is 240 g/mol. The summed E-state index contributed by atoms with van der Waals surface area (Å²) < 4.78 is 19.5. The lowest BCUT2D eigenvalue weighted by molar-refractivity contribution is -0.135. The van der Waals surface area contributed by atoms with Crippen LogP contribution < -0.4 is 14.2 Å². The summed E-state index contributed by atoms with van der Waals surface area (Å²) in [4.78, 5) is 23.1. The van der Waals surface area contributed by atoms with Crippen LogP contribution in [-0.4, -0.2) is 40.2 Å². The molecule has 18 heavy (non-hydrogen) atoms. The molecule has 1 aromatic rings. The standard InChI is InChI=1S/C12H14O6/c1-15-7-5-8(16-2)10(9(6-7)17-3)11(13)12(14)18-4/h5-6H,1-4H3. The first-order valence-corrected chi connectivity index (χ1v) is 5.01. The SMILES string of the molecule is COC(=O)C(=O)c1c(OC)cc(OC)cc1OC. The molecule has 0 radical (unpaired) electrons. The van der Waals surface area contributed by atoms with Crippen molar-refractivity contribution in [2.24, 2.45) is 0 Å². The van der Waals surface area contributed by atoms with E-state index in [0.29, 0.717) is 5.75 Å². The van der Waals surface area contributed by atoms with E-state index in [2.05, 4.69) is 4.74 Å². The third kappa shape index (κ3) is 2.53. The molecule has 0 atom stereocenters. The van der Waals surface area contributed by atoms with E-state index in [4.69, 9.17) is 14.2 Å². The molecule has 0 fully saturated rings. The first-order chi connectivity index (χ1) is 8.58. The van der Waals surface area contributed by atoms with Crippen LogP contribution in [0.5, 0.6) is 17.2 Å². The van der Waals surface area contributed by atoms with Gasteiger partial charge in [0.1, 0.15) is 22.8 Å². The maximum atomic E-state index is 11.9. The van der Waals surface area contributed by atoms with Crippen molar-refractivity contribution in [1.82, 2.24) is 0 Å². The second kappa shape index (κ2) is 5.90. The Balaban J connectivity index is 3.40. The van der Waals surface area contributed by atoms with Crippen LogP contribution in [0, 0.1) is 0 Å². The number of esters is 1. The zero-order valence-corrected chi connectivity index (χ0v) is 10.6. The number of Topliss-reactive ketones (excluding diaryl/α,β-unsaturated/α-hetero) is 1. The molecule has 1 aromatic carbocycles. The number of methoxy groups -OCH3 is 4. The topological polar surface area (TPSA) is 71.1 Å². The predicted octanol–water partition coefficient (Wildman–Crippen LogP) is 1.07. The first kappa shape index (κ1) is 13.8. The van der Waals surface area contributed by atoms with Gasteiger partial charge in [-0.1, -0.05) is 0 Å². The fourth-order valence-corrected chi connectivity index (χ4v) is 1.42. The normalized spacial score (nSPS) is 9.56. The van der Waals surface area contributed by atoms with Gasteiger partial charge < -0.3 is 18.9 Å². The van der Waals surface area contributed by atoms with Gasteiger partial charge in [-0.2, -0.15) is 0 Å². The molecule has 0 aromatic heterocycles. The molecule has 0 bridgehead atoms. The first-order valence-electron chi connectivity index (χ1n) is 5.01. The second-order valence-corrected chi connectivity index (χ2v) is 3.23. The third-order valence-electron chi connectivity index (χ3n) is 2.31. The molecule has 0 aliphatic carbocycles. The maximum Gasteiger partial charge on any atom is 0.379 e. The highest BCUT2D eigenvalue weighted by Crippen LogP contribution is 2.34. The van der Waals surface area contributed by atoms with Gasteiger partial charge in [0.2, 0.25) is 0 Å². The number of hydrogen-bond donors (Lipinski definition) is 0. The van der Waals surface area contributed by atoms with Gasteiger partial charge in [0.15, 0.2) is 0 Å². The highest BCUT2D eigenvalue weighted by Gasteiger charge is 2.26. The smallest absolute Gasteiger partial charge is 0.379 e. The van der Waals surface area contributed by atoms with E-state index in [-0.39, 0.29) is 17.1 Å². The van der Waals surface area contributed by atoms with Gasteiger partial charge in [-0.3, -0.25) is 4.79 Å². The summed E-state index contributed by atoms with van der Waals surface area (Å²) in [6.45, 7) is 0. The minimum absolute atomic E-state index is 0.00708. The molecule has 0 aliphatic heterocycles. The molecular formula is C12H14O6. The largest absolute Gasteiger partial charge is 0.496 e. The van der Waals surface area contributed by atoms with E-state index in [1.807, 2.05) is 0 Å². The van der Waals surface area contributed by atoms with Gasteiger partial charge in [-0.05, 0) is 0 Å². The number of carbonyl (C=O) groups is 2. The summed E-state index contributed by atoms with van der Waals surface area (Å²) in [6.07, 6.45) is 0. The van der Waals surface area contributed by atoms with Gasteiger partial charge in [0, 0.05) is 12.1 Å². The Hall–Kier alpha value is -2.24. The van der Waals surface area contributed by atoms with Crippen LogP contribution in [0.15, 0.2) is 12.1 Å². The van der Waals surface area contributed by atoms with Crippen molar-refractivity contribution in [3.05, 3.63) is 17.7 Å². The van der Waals surface area contributed by atoms with E-state index in [1.165, 1.54) is 33.5 Å². The van der Waals surface area contributed by atoms with Crippen molar-refractivity contribution in [3.63, 3.8) is 0 Å². The molecule has 6 nitrogen and oxygen atoms in total. The second-order valence-electron chi connectivity index (χ2n) is 3.23. The molecule has 98 valence electrons. The minimum atomic E-state index is -0.989. The summed E-state index contributed by atoms with van der Waals surface area (Å²) in [6, 6.07) is 2.97. The number of hydrogen-bond acceptors (Lipinski definition) is 6. The maximum absolute atomic E-state index is 11.9. The highest BCUT2D eigenvalue weighted by molar-refractivity contribution is 6.42. The van der Waals surface area contributed by atoms with Crippen LogP contribution in [0.1, 0.15) is 10.4 Å². The summed E-state index contributed by atoms with van der Waals surface area (Å²) in [5.74, 6) is -1.01. The van der Waals surface area contributed by atoms with Gasteiger partial charge in [-0.15, -0.1) is 0 Å². The lowest BCUT2D eigenvalue weighted by Gasteiger charge is -2.13. The molecule has 0 heterocycles. The molecule has 0 saturated carbocycles. The van der Waals surface area contributed by atoms with Crippen molar-refractivity contribution in [2.45, 2.75) is 0 Å². The van der Waals surface area contributed by atoms with E-state index in [0.717, 1.165) is 7.11 Å². The van der Waals surface area contributed by atoms with Crippen LogP contribution in [0.25, 0.3) is 0 Å². The van der Waals surface area contributed by atoms with Crippen LogP contribution in [0.2, 0.25) is 0 Å². The lowest BCUT2D eigenvalue weighted by atomic mass is 10.1. The zero-order valence-electron chi connectivity index (χ0n) is 10.6. The number of carbonyl (C=O) groups excluding carboxylic acids is 2. The molecule has 0 saturated heterocycles. The van der Waals surface area contributed by atoms with Crippen molar-refractivity contribution in [3.8, 4) is 17.2 Å². The third-order valence-corrected chi connectivity index (χ3v) is 2.31. The van der Waals surface area contributed by atoms with E-state index in [1.54, 1.807) is 0 Å². The average Bonchev–Trinajstić information content (AvgIpc) is 2.43. The number of ether oxygens (including phenoxy) is 4. The quantitative estimate of drug-likeness (QED) is 0.444. The minimum Gasteiger partial charge on any atom is -0.496 e. The lowest BCUT2D eigenvalue weighted by Crippen LogP contribution is -2.17. The van der Waals surface area contributed by atoms with Crippen molar-refractivity contribution in [2.75, 3.05) is 28.4 Å². The Kier molecular flexibility index (Phi) is 4.53. The van der Waals surface area contributed by atoms with Crippen LogP contribution in [0.3, 0.4) is 0 Å². The van der Waals surface area contributed by atoms with Gasteiger partial charge in [0.25, 0.3) is 5.78 Å². The van der Waals surface area contributed by atoms with Gasteiger partial charge >= 0.3 is 5.97 Å². The monoisotopic (exact) mass is 254 g/mol. The van der Waals surface area contributed by atoms with E-state index in [9.17, 15) is 9.59 Å². The zero-order chi connectivity index (χ0) is 13.7. The molecule has 0 N–H and O–H groups in total. The number of ketones is 1. The Labute approximate surface area is 104 Å². The predicted molar refractivity (Wildman–Crippen MR) is 62.4 cm³/mol. The Morgan fingerprint density at radius 1 is 0.889 bits per heavy atom. The van der Waals surface area contributed by atoms with Crippen LogP contribution in [0.4, 0.5) is 0 Å². The molecule has 1 rings (SSSR count). The summed E-state index contributed by atoms with van der Waals surface area (Å²) in [5.41, 5.74) is 0.00708. The van der Waals surface area contributed by atoms with Crippen molar-refractivity contribution >= 4 is 11.8 Å². The summed E-state index contributed by atoms with van der Waals surface area (Å²) in [7, 11) is 5.35. The summed E-state index contributed by atoms with van der Waals surface area (Å²) >= 11 is 0. The fourth-order valence-electron chi connectivity index (χ4n) is 1.42. The Morgan fingerprint density at radius 2 is 1.39 bits per heavy atom. The average molecular weight is 254 g/mol. The van der Waals surface area contributed by atoms with Crippen LogP contribution >= 0.6 is 0 Å². The van der Waals surface area contributed by atoms with Crippen LogP contribution in [-0.2, 0) is 9.53 Å². The van der Waals surface area contributed by atoms with E-state index < -0.39 is 11.8 Å². The Bertz CT molecular complexity index is 441. The molecule has 0 amide bonds. The molecule has 0 spiro atoms. The van der Waals surface area contributed by atoms with Crippen molar-refractivity contribution < 1.29 is 28.5 Å².